The molecular formula is C32H44NOP. The van der Waals surface area contributed by atoms with Gasteiger partial charge in [-0.2, -0.15) is 0 Å². The molecule has 2 bridgehead atoms. The van der Waals surface area contributed by atoms with Crippen molar-refractivity contribution in [1.82, 2.24) is 0 Å². The number of hydrogen-bond donors (Lipinski definition) is 0. The first-order valence-electron chi connectivity index (χ1n) is 13.7. The monoisotopic (exact) mass is 489 g/mol. The zero-order valence-corrected chi connectivity index (χ0v) is 23.0. The standard InChI is InChI=1S/C32H44NOP/c1-4-7-21-35(22-8-5-2,23-9-6-3)33-31(29-17-11-10-12-18-29)26-30-25-28-16-14-13-15-27(24-28)19-20-32(30)34/h10-19,25-26,30H,4-9,20-24H2,1-3H3/b27-19-,28-25-,31-26-. The molecule has 0 saturated carbocycles. The second kappa shape index (κ2) is 14.4. The van der Waals surface area contributed by atoms with E-state index in [1.807, 2.05) is 0 Å². The summed E-state index contributed by atoms with van der Waals surface area (Å²) >= 11 is 0. The van der Waals surface area contributed by atoms with E-state index in [1.165, 1.54) is 68.2 Å². The smallest absolute Gasteiger partial charge is 0.147 e. The van der Waals surface area contributed by atoms with Gasteiger partial charge in [0.1, 0.15) is 5.78 Å². The van der Waals surface area contributed by atoms with Crippen molar-refractivity contribution in [3.05, 3.63) is 89.6 Å². The summed E-state index contributed by atoms with van der Waals surface area (Å²) in [6, 6.07) is 10.6. The Hall–Kier alpha value is -2.18. The van der Waals surface area contributed by atoms with Crippen LogP contribution in [0.1, 0.15) is 77.7 Å². The highest BCUT2D eigenvalue weighted by Gasteiger charge is 2.22. The molecule has 1 atom stereocenters. The van der Waals surface area contributed by atoms with Crippen molar-refractivity contribution in [3.8, 4) is 0 Å². The average Bonchev–Trinajstić information content (AvgIpc) is 3.13. The van der Waals surface area contributed by atoms with Gasteiger partial charge in [-0.25, -0.2) is 0 Å². The number of nitrogens with zero attached hydrogens (tertiary/aromatic N) is 1. The molecule has 0 radical (unpaired) electrons. The van der Waals surface area contributed by atoms with E-state index in [4.69, 9.17) is 4.74 Å². The molecule has 2 nitrogen and oxygen atoms in total. The van der Waals surface area contributed by atoms with E-state index in [1.54, 1.807) is 0 Å². The van der Waals surface area contributed by atoms with Crippen LogP contribution in [0.25, 0.3) is 5.70 Å². The molecule has 0 spiro atoms. The van der Waals surface area contributed by atoms with Gasteiger partial charge in [0.2, 0.25) is 0 Å². The lowest BCUT2D eigenvalue weighted by Crippen LogP contribution is -2.12. The van der Waals surface area contributed by atoms with E-state index in [-0.39, 0.29) is 11.7 Å². The summed E-state index contributed by atoms with van der Waals surface area (Å²) in [6.45, 7) is 6.87. The van der Waals surface area contributed by atoms with Crippen molar-refractivity contribution >= 4 is 18.5 Å². The van der Waals surface area contributed by atoms with Crippen LogP contribution in [0.2, 0.25) is 0 Å². The summed E-state index contributed by atoms with van der Waals surface area (Å²) in [4.78, 5) is 13.3. The fourth-order valence-electron chi connectivity index (χ4n) is 4.84. The van der Waals surface area contributed by atoms with Crippen LogP contribution in [0.3, 0.4) is 0 Å². The zero-order valence-electron chi connectivity index (χ0n) is 22.1. The Labute approximate surface area is 214 Å². The highest BCUT2D eigenvalue weighted by atomic mass is 31.2. The Morgan fingerprint density at radius 2 is 1.51 bits per heavy atom. The number of allylic oxidation sites excluding steroid dienone is 9. The summed E-state index contributed by atoms with van der Waals surface area (Å²) in [5.74, 6) is 0.0153. The van der Waals surface area contributed by atoms with E-state index in [9.17, 15) is 4.79 Å². The molecular weight excluding hydrogens is 445 g/mol. The minimum Gasteiger partial charge on any atom is -0.298 e. The minimum absolute atomic E-state index is 0.241. The topological polar surface area (TPSA) is 29.4 Å². The molecule has 3 rings (SSSR count). The number of benzene rings is 1. The predicted octanol–water partition coefficient (Wildman–Crippen LogP) is 9.59. The largest absolute Gasteiger partial charge is 0.298 e. The number of fused-ring (bicyclic) bond motifs is 2. The van der Waals surface area contributed by atoms with E-state index in [2.05, 4.69) is 93.6 Å². The van der Waals surface area contributed by atoms with Gasteiger partial charge in [0.15, 0.2) is 0 Å². The summed E-state index contributed by atoms with van der Waals surface area (Å²) in [6.07, 6.45) is 27.3. The van der Waals surface area contributed by atoms with Crippen LogP contribution in [-0.2, 0) is 4.79 Å². The SMILES string of the molecule is CCCCP(CCCC)(CCCC)=N/C(=C\C1/C=C2/C=CC=C/C(=C/CC1=O)C2)c1ccccc1. The molecule has 0 fully saturated rings. The van der Waals surface area contributed by atoms with Gasteiger partial charge in [0.25, 0.3) is 0 Å². The van der Waals surface area contributed by atoms with Gasteiger partial charge in [-0.05, 0) is 74.0 Å². The van der Waals surface area contributed by atoms with Crippen molar-refractivity contribution in [1.29, 1.82) is 0 Å². The molecule has 1 aromatic carbocycles. The average molecular weight is 490 g/mol. The number of Topliss-reactive ketones (excluding diaryl/α,β-unsaturated/α-hetero) is 1. The highest BCUT2D eigenvalue weighted by Crippen LogP contribution is 2.54. The van der Waals surface area contributed by atoms with E-state index < -0.39 is 7.05 Å². The highest BCUT2D eigenvalue weighted by molar-refractivity contribution is 7.66. The molecule has 0 aliphatic heterocycles. The first kappa shape index (κ1) is 27.4. The van der Waals surface area contributed by atoms with Gasteiger partial charge >= 0.3 is 0 Å². The summed E-state index contributed by atoms with van der Waals surface area (Å²) in [5.41, 5.74) is 4.63. The first-order chi connectivity index (χ1) is 17.1. The molecule has 0 saturated heterocycles. The molecule has 2 aliphatic carbocycles. The Kier molecular flexibility index (Phi) is 11.3. The normalized spacial score (nSPS) is 21.4. The summed E-state index contributed by atoms with van der Waals surface area (Å²) in [7, 11) is -1.51. The number of carbonyl (C=O) groups excluding carboxylic acids is 1. The molecule has 3 heteroatoms. The quantitative estimate of drug-likeness (QED) is 0.269. The fraction of sp³-hybridized carbons (Fsp3) is 0.469. The van der Waals surface area contributed by atoms with Gasteiger partial charge < -0.3 is 0 Å². The summed E-state index contributed by atoms with van der Waals surface area (Å²) in [5, 5.41) is 0. The molecule has 2 aliphatic rings. The van der Waals surface area contributed by atoms with Crippen LogP contribution < -0.4 is 0 Å². The van der Waals surface area contributed by atoms with Crippen molar-refractivity contribution in [3.63, 3.8) is 0 Å². The molecule has 1 aromatic rings. The first-order valence-corrected chi connectivity index (χ1v) is 16.0. The number of ketones is 1. The van der Waals surface area contributed by atoms with Gasteiger partial charge in [0, 0.05) is 6.42 Å². The minimum atomic E-state index is -1.51. The number of unbranched alkanes of at least 4 members (excludes halogenated alkanes) is 3. The van der Waals surface area contributed by atoms with Gasteiger partial charge in [0.05, 0.1) is 11.6 Å². The van der Waals surface area contributed by atoms with Gasteiger partial charge in [-0.1, -0.05) is 107 Å². The van der Waals surface area contributed by atoms with Gasteiger partial charge in [-0.15, -0.1) is 0 Å². The van der Waals surface area contributed by atoms with Crippen LogP contribution in [0, 0.1) is 5.92 Å². The zero-order chi connectivity index (χ0) is 24.9. The maximum absolute atomic E-state index is 13.3. The number of carbonyl (C=O) groups is 1. The fourth-order valence-corrected chi connectivity index (χ4v) is 9.16. The Bertz CT molecular complexity index is 1010. The molecule has 35 heavy (non-hydrogen) atoms. The van der Waals surface area contributed by atoms with E-state index in [0.717, 1.165) is 17.7 Å². The lowest BCUT2D eigenvalue weighted by molar-refractivity contribution is -0.119. The third-order valence-electron chi connectivity index (χ3n) is 6.98. The predicted molar refractivity (Wildman–Crippen MR) is 155 cm³/mol. The molecule has 0 N–H and O–H groups in total. The second-order valence-electron chi connectivity index (χ2n) is 9.96. The van der Waals surface area contributed by atoms with Crippen LogP contribution in [0.4, 0.5) is 0 Å². The Morgan fingerprint density at radius 1 is 0.914 bits per heavy atom. The van der Waals surface area contributed by atoms with Crippen molar-refractivity contribution in [2.24, 2.45) is 10.7 Å². The second-order valence-corrected chi connectivity index (χ2v) is 13.7. The van der Waals surface area contributed by atoms with Gasteiger partial charge in [-0.3, -0.25) is 9.54 Å². The molecule has 0 amide bonds. The molecule has 0 heterocycles. The van der Waals surface area contributed by atoms with E-state index in [0.29, 0.717) is 6.42 Å². The van der Waals surface area contributed by atoms with Crippen LogP contribution in [0.5, 0.6) is 0 Å². The third kappa shape index (κ3) is 8.46. The van der Waals surface area contributed by atoms with Crippen LogP contribution in [-0.4, -0.2) is 24.3 Å². The number of rotatable bonds is 12. The third-order valence-corrected chi connectivity index (χ3v) is 11.1. The summed E-state index contributed by atoms with van der Waals surface area (Å²) < 4.78 is 5.72. The van der Waals surface area contributed by atoms with Crippen molar-refractivity contribution < 1.29 is 4.79 Å². The van der Waals surface area contributed by atoms with Crippen molar-refractivity contribution in [2.75, 3.05) is 18.5 Å². The van der Waals surface area contributed by atoms with Crippen LogP contribution >= 0.6 is 7.05 Å². The molecule has 188 valence electrons. The Morgan fingerprint density at radius 3 is 2.11 bits per heavy atom. The number of hydrogen-bond acceptors (Lipinski definition) is 2. The maximum atomic E-state index is 13.3. The Balaban J connectivity index is 2.13. The molecule has 0 aromatic heterocycles. The lowest BCUT2D eigenvalue weighted by Gasteiger charge is -2.26. The lowest BCUT2D eigenvalue weighted by atomic mass is 9.90. The van der Waals surface area contributed by atoms with Crippen LogP contribution in [0.15, 0.2) is 88.8 Å². The van der Waals surface area contributed by atoms with E-state index >= 15 is 0 Å². The maximum Gasteiger partial charge on any atom is 0.147 e. The van der Waals surface area contributed by atoms with Crippen molar-refractivity contribution in [2.45, 2.75) is 72.1 Å². The molecule has 1 unspecified atom stereocenters.